The molecule has 0 amide bonds. The molecule has 1 nitrogen and oxygen atoms in total. The molecule has 0 aliphatic rings. The number of aromatic hydroxyl groups is 1. The van der Waals surface area contributed by atoms with Gasteiger partial charge in [-0.2, -0.15) is 0 Å². The molecule has 0 unspecified atom stereocenters. The van der Waals surface area contributed by atoms with E-state index >= 15 is 0 Å². The second-order valence-corrected chi connectivity index (χ2v) is 8.02. The van der Waals surface area contributed by atoms with Gasteiger partial charge in [0, 0.05) is 0 Å². The molecule has 1 aromatic carbocycles. The number of hydrogen-bond acceptors (Lipinski definition) is 1. The predicted molar refractivity (Wildman–Crippen MR) is 88.6 cm³/mol. The maximum absolute atomic E-state index is 10.6. The Morgan fingerprint density at radius 2 is 1.55 bits per heavy atom. The SMILES string of the molecule is CC(C)=CCc1cc(C(C)(C)C)cc(C(C)(C)C)c1O. The summed E-state index contributed by atoms with van der Waals surface area (Å²) in [6.45, 7) is 17.3. The number of hydrogen-bond donors (Lipinski definition) is 1. The summed E-state index contributed by atoms with van der Waals surface area (Å²) < 4.78 is 0. The van der Waals surface area contributed by atoms with E-state index in [0.29, 0.717) is 5.75 Å². The van der Waals surface area contributed by atoms with Crippen LogP contribution in [0.5, 0.6) is 5.75 Å². The Hall–Kier alpha value is -1.24. The Kier molecular flexibility index (Phi) is 4.74. The molecule has 0 aromatic heterocycles. The van der Waals surface area contributed by atoms with Crippen LogP contribution in [0.3, 0.4) is 0 Å². The zero-order chi connectivity index (χ0) is 15.7. The first-order chi connectivity index (χ1) is 8.93. The van der Waals surface area contributed by atoms with Crippen LogP contribution in [0.15, 0.2) is 23.8 Å². The Morgan fingerprint density at radius 1 is 1.00 bits per heavy atom. The fourth-order valence-corrected chi connectivity index (χ4v) is 2.17. The smallest absolute Gasteiger partial charge is 0.122 e. The molecule has 0 saturated carbocycles. The van der Waals surface area contributed by atoms with E-state index in [4.69, 9.17) is 0 Å². The molecule has 20 heavy (non-hydrogen) atoms. The fourth-order valence-electron chi connectivity index (χ4n) is 2.17. The van der Waals surface area contributed by atoms with E-state index in [1.807, 2.05) is 0 Å². The van der Waals surface area contributed by atoms with Crippen molar-refractivity contribution in [2.45, 2.75) is 72.6 Å². The molecular weight excluding hydrogens is 244 g/mol. The lowest BCUT2D eigenvalue weighted by Crippen LogP contribution is -2.17. The molecule has 1 aromatic rings. The molecular formula is C19H30O. The van der Waals surface area contributed by atoms with Crippen molar-refractivity contribution in [2.24, 2.45) is 0 Å². The molecule has 0 atom stereocenters. The van der Waals surface area contributed by atoms with Gasteiger partial charge in [-0.15, -0.1) is 0 Å². The first kappa shape index (κ1) is 16.8. The standard InChI is InChI=1S/C19H30O/c1-13(2)9-10-14-11-15(18(3,4)5)12-16(17(14)20)19(6,7)8/h9,11-12,20H,10H2,1-8H3. The van der Waals surface area contributed by atoms with Crippen molar-refractivity contribution in [3.63, 3.8) is 0 Å². The van der Waals surface area contributed by atoms with Crippen LogP contribution in [0.1, 0.15) is 72.1 Å². The van der Waals surface area contributed by atoms with Crippen molar-refractivity contribution in [3.8, 4) is 5.75 Å². The van der Waals surface area contributed by atoms with E-state index in [1.54, 1.807) is 0 Å². The monoisotopic (exact) mass is 274 g/mol. The first-order valence-corrected chi connectivity index (χ1v) is 7.43. The summed E-state index contributed by atoms with van der Waals surface area (Å²) in [5.41, 5.74) is 4.68. The van der Waals surface area contributed by atoms with Gasteiger partial charge in [-0.3, -0.25) is 0 Å². The second-order valence-electron chi connectivity index (χ2n) is 8.02. The Bertz CT molecular complexity index is 504. The van der Waals surface area contributed by atoms with E-state index in [1.165, 1.54) is 11.1 Å². The van der Waals surface area contributed by atoms with Crippen LogP contribution in [0.4, 0.5) is 0 Å². The number of phenolic OH excluding ortho intramolecular Hbond substituents is 1. The lowest BCUT2D eigenvalue weighted by molar-refractivity contribution is 0.439. The summed E-state index contributed by atoms with van der Waals surface area (Å²) >= 11 is 0. The topological polar surface area (TPSA) is 20.2 Å². The van der Waals surface area contributed by atoms with Gasteiger partial charge in [0.25, 0.3) is 0 Å². The van der Waals surface area contributed by atoms with Crippen LogP contribution >= 0.6 is 0 Å². The van der Waals surface area contributed by atoms with Crippen molar-refractivity contribution in [1.82, 2.24) is 0 Å². The molecule has 0 spiro atoms. The van der Waals surface area contributed by atoms with Crippen LogP contribution in [-0.2, 0) is 17.3 Å². The minimum absolute atomic E-state index is 0.0505. The van der Waals surface area contributed by atoms with Crippen LogP contribution < -0.4 is 0 Å². The highest BCUT2D eigenvalue weighted by molar-refractivity contribution is 5.49. The van der Waals surface area contributed by atoms with E-state index in [9.17, 15) is 5.11 Å². The van der Waals surface area contributed by atoms with Gasteiger partial charge in [0.05, 0.1) is 0 Å². The summed E-state index contributed by atoms with van der Waals surface area (Å²) in [4.78, 5) is 0. The van der Waals surface area contributed by atoms with Crippen LogP contribution in [0.2, 0.25) is 0 Å². The van der Waals surface area contributed by atoms with Crippen molar-refractivity contribution in [3.05, 3.63) is 40.5 Å². The van der Waals surface area contributed by atoms with E-state index in [-0.39, 0.29) is 10.8 Å². The molecule has 0 fully saturated rings. The number of allylic oxidation sites excluding steroid dienone is 2. The van der Waals surface area contributed by atoms with Crippen molar-refractivity contribution in [2.75, 3.05) is 0 Å². The normalized spacial score (nSPS) is 12.4. The third kappa shape index (κ3) is 4.13. The average Bonchev–Trinajstić information content (AvgIpc) is 2.24. The highest BCUT2D eigenvalue weighted by atomic mass is 16.3. The van der Waals surface area contributed by atoms with Crippen LogP contribution in [0, 0.1) is 0 Å². The number of phenols is 1. The average molecular weight is 274 g/mol. The highest BCUT2D eigenvalue weighted by Gasteiger charge is 2.24. The molecule has 0 radical (unpaired) electrons. The van der Waals surface area contributed by atoms with Gasteiger partial charge >= 0.3 is 0 Å². The largest absolute Gasteiger partial charge is 0.507 e. The summed E-state index contributed by atoms with van der Waals surface area (Å²) in [6.07, 6.45) is 2.97. The molecule has 0 aliphatic heterocycles. The van der Waals surface area contributed by atoms with E-state index in [2.05, 4.69) is 73.6 Å². The van der Waals surface area contributed by atoms with E-state index in [0.717, 1.165) is 17.5 Å². The minimum Gasteiger partial charge on any atom is -0.507 e. The van der Waals surface area contributed by atoms with Crippen molar-refractivity contribution in [1.29, 1.82) is 0 Å². The second kappa shape index (κ2) is 5.63. The molecule has 0 bridgehead atoms. The Morgan fingerprint density at radius 3 is 1.95 bits per heavy atom. The molecule has 0 heterocycles. The van der Waals surface area contributed by atoms with Crippen molar-refractivity contribution < 1.29 is 5.11 Å². The van der Waals surface area contributed by atoms with E-state index < -0.39 is 0 Å². The van der Waals surface area contributed by atoms with Crippen LogP contribution in [0.25, 0.3) is 0 Å². The van der Waals surface area contributed by atoms with Gasteiger partial charge in [0.2, 0.25) is 0 Å². The number of benzene rings is 1. The zero-order valence-electron chi connectivity index (χ0n) is 14.4. The molecule has 1 rings (SSSR count). The Balaban J connectivity index is 3.47. The third-order valence-electron chi connectivity index (χ3n) is 3.59. The first-order valence-electron chi connectivity index (χ1n) is 7.43. The van der Waals surface area contributed by atoms with Gasteiger partial charge in [-0.1, -0.05) is 65.3 Å². The van der Waals surface area contributed by atoms with Gasteiger partial charge < -0.3 is 5.11 Å². The molecule has 1 N–H and O–H groups in total. The van der Waals surface area contributed by atoms with Gasteiger partial charge in [-0.05, 0) is 47.8 Å². The van der Waals surface area contributed by atoms with Gasteiger partial charge in [-0.25, -0.2) is 0 Å². The summed E-state index contributed by atoms with van der Waals surface area (Å²) in [7, 11) is 0. The predicted octanol–water partition coefficient (Wildman–Crippen LogP) is 5.50. The fraction of sp³-hybridized carbons (Fsp3) is 0.579. The minimum atomic E-state index is -0.0505. The molecule has 0 saturated heterocycles. The maximum Gasteiger partial charge on any atom is 0.122 e. The third-order valence-corrected chi connectivity index (χ3v) is 3.59. The summed E-state index contributed by atoms with van der Waals surface area (Å²) in [5.74, 6) is 0.461. The Labute approximate surface area is 124 Å². The van der Waals surface area contributed by atoms with Crippen LogP contribution in [-0.4, -0.2) is 5.11 Å². The lowest BCUT2D eigenvalue weighted by Gasteiger charge is -2.27. The highest BCUT2D eigenvalue weighted by Crippen LogP contribution is 2.37. The maximum atomic E-state index is 10.6. The molecule has 112 valence electrons. The molecule has 0 aliphatic carbocycles. The summed E-state index contributed by atoms with van der Waals surface area (Å²) in [5, 5.41) is 10.6. The number of rotatable bonds is 2. The zero-order valence-corrected chi connectivity index (χ0v) is 14.4. The van der Waals surface area contributed by atoms with Gasteiger partial charge in [0.1, 0.15) is 5.75 Å². The summed E-state index contributed by atoms with van der Waals surface area (Å²) in [6, 6.07) is 4.32. The quantitative estimate of drug-likeness (QED) is 0.706. The lowest BCUT2D eigenvalue weighted by atomic mass is 9.78. The molecule has 1 heteroatoms. The van der Waals surface area contributed by atoms with Gasteiger partial charge in [0.15, 0.2) is 0 Å². The van der Waals surface area contributed by atoms with Crippen molar-refractivity contribution >= 4 is 0 Å².